The highest BCUT2D eigenvalue weighted by Crippen LogP contribution is 2.29. The number of esters is 1. The molecule has 0 heterocycles. The summed E-state index contributed by atoms with van der Waals surface area (Å²) >= 11 is 6.28. The van der Waals surface area contributed by atoms with Crippen molar-refractivity contribution in [1.29, 1.82) is 0 Å². The van der Waals surface area contributed by atoms with Crippen molar-refractivity contribution in [1.82, 2.24) is 4.90 Å². The summed E-state index contributed by atoms with van der Waals surface area (Å²) in [5, 5.41) is 0.711. The van der Waals surface area contributed by atoms with Crippen molar-refractivity contribution in [3.8, 4) is 0 Å². The SMILES string of the molecule is CCOC(=O)CN(Cc1ccc(CN)cc1Cl)C1CC1. The number of hydrogen-bond donors (Lipinski definition) is 1. The number of nitrogens with two attached hydrogens (primary N) is 1. The van der Waals surface area contributed by atoms with Gasteiger partial charge in [0, 0.05) is 24.2 Å². The smallest absolute Gasteiger partial charge is 0.320 e. The van der Waals surface area contributed by atoms with E-state index >= 15 is 0 Å². The van der Waals surface area contributed by atoms with Gasteiger partial charge in [0.15, 0.2) is 0 Å². The van der Waals surface area contributed by atoms with Crippen LogP contribution in [0.2, 0.25) is 5.02 Å². The molecule has 0 amide bonds. The Hall–Kier alpha value is -1.10. The molecule has 0 unspecified atom stereocenters. The maximum atomic E-state index is 11.6. The third-order valence-electron chi connectivity index (χ3n) is 3.43. The molecule has 2 N–H and O–H groups in total. The van der Waals surface area contributed by atoms with Crippen molar-refractivity contribution in [2.24, 2.45) is 5.73 Å². The molecule has 0 atom stereocenters. The van der Waals surface area contributed by atoms with E-state index in [2.05, 4.69) is 4.90 Å². The molecule has 1 saturated carbocycles. The third kappa shape index (κ3) is 4.20. The second-order valence-electron chi connectivity index (χ2n) is 5.07. The minimum atomic E-state index is -0.172. The average Bonchev–Trinajstić information content (AvgIpc) is 3.24. The zero-order valence-electron chi connectivity index (χ0n) is 11.8. The number of hydrogen-bond acceptors (Lipinski definition) is 4. The number of halogens is 1. The van der Waals surface area contributed by atoms with E-state index in [1.54, 1.807) is 0 Å². The van der Waals surface area contributed by atoms with E-state index in [1.165, 1.54) is 0 Å². The van der Waals surface area contributed by atoms with Gasteiger partial charge in [0.05, 0.1) is 13.2 Å². The van der Waals surface area contributed by atoms with Crippen LogP contribution in [-0.2, 0) is 22.6 Å². The van der Waals surface area contributed by atoms with Gasteiger partial charge >= 0.3 is 5.97 Å². The lowest BCUT2D eigenvalue weighted by Gasteiger charge is -2.21. The lowest BCUT2D eigenvalue weighted by Crippen LogP contribution is -2.32. The van der Waals surface area contributed by atoms with Crippen molar-refractivity contribution in [3.63, 3.8) is 0 Å². The number of rotatable bonds is 7. The average molecular weight is 297 g/mol. The maximum absolute atomic E-state index is 11.6. The Labute approximate surface area is 124 Å². The molecule has 1 aromatic rings. The number of carbonyl (C=O) groups is 1. The van der Waals surface area contributed by atoms with Gasteiger partial charge in [-0.05, 0) is 37.0 Å². The van der Waals surface area contributed by atoms with Gasteiger partial charge < -0.3 is 10.5 Å². The van der Waals surface area contributed by atoms with Crippen molar-refractivity contribution in [3.05, 3.63) is 34.3 Å². The quantitative estimate of drug-likeness (QED) is 0.785. The molecule has 5 heteroatoms. The molecule has 0 spiro atoms. The first-order chi connectivity index (χ1) is 9.63. The predicted octanol–water partition coefficient (Wildman–Crippen LogP) is 2.33. The van der Waals surface area contributed by atoms with E-state index in [1.807, 2.05) is 25.1 Å². The molecule has 0 radical (unpaired) electrons. The second kappa shape index (κ2) is 7.07. The van der Waals surface area contributed by atoms with Crippen LogP contribution in [-0.4, -0.2) is 30.1 Å². The van der Waals surface area contributed by atoms with Gasteiger partial charge in [0.2, 0.25) is 0 Å². The molecule has 1 aromatic carbocycles. The summed E-state index contributed by atoms with van der Waals surface area (Å²) in [6.45, 7) is 3.72. The molecule has 0 aromatic heterocycles. The molecule has 0 aliphatic heterocycles. The summed E-state index contributed by atoms with van der Waals surface area (Å²) < 4.78 is 5.02. The van der Waals surface area contributed by atoms with Gasteiger partial charge in [-0.2, -0.15) is 0 Å². The Kier molecular flexibility index (Phi) is 5.40. The fourth-order valence-electron chi connectivity index (χ4n) is 2.19. The Balaban J connectivity index is 2.02. The van der Waals surface area contributed by atoms with E-state index in [-0.39, 0.29) is 5.97 Å². The predicted molar refractivity (Wildman–Crippen MR) is 79.4 cm³/mol. The summed E-state index contributed by atoms with van der Waals surface area (Å²) in [4.78, 5) is 13.8. The van der Waals surface area contributed by atoms with Crippen LogP contribution in [0.5, 0.6) is 0 Å². The Morgan fingerprint density at radius 1 is 1.50 bits per heavy atom. The summed E-state index contributed by atoms with van der Waals surface area (Å²) in [7, 11) is 0. The van der Waals surface area contributed by atoms with E-state index < -0.39 is 0 Å². The molecule has 1 fully saturated rings. The molecule has 0 saturated heterocycles. The van der Waals surface area contributed by atoms with Gasteiger partial charge in [-0.25, -0.2) is 0 Å². The van der Waals surface area contributed by atoms with Crippen LogP contribution in [0.1, 0.15) is 30.9 Å². The topological polar surface area (TPSA) is 55.6 Å². The van der Waals surface area contributed by atoms with E-state index in [0.717, 1.165) is 24.0 Å². The van der Waals surface area contributed by atoms with Crippen molar-refractivity contribution < 1.29 is 9.53 Å². The molecule has 1 aliphatic carbocycles. The maximum Gasteiger partial charge on any atom is 0.320 e. The lowest BCUT2D eigenvalue weighted by atomic mass is 10.1. The second-order valence-corrected chi connectivity index (χ2v) is 5.48. The van der Waals surface area contributed by atoms with Gasteiger partial charge in [-0.15, -0.1) is 0 Å². The molecule has 0 bridgehead atoms. The Morgan fingerprint density at radius 2 is 2.25 bits per heavy atom. The van der Waals surface area contributed by atoms with Crippen molar-refractivity contribution >= 4 is 17.6 Å². The number of ether oxygens (including phenoxy) is 1. The molecule has 4 nitrogen and oxygen atoms in total. The van der Waals surface area contributed by atoms with E-state index in [9.17, 15) is 4.79 Å². The van der Waals surface area contributed by atoms with E-state index in [0.29, 0.717) is 37.3 Å². The first-order valence-electron chi connectivity index (χ1n) is 7.01. The highest BCUT2D eigenvalue weighted by Gasteiger charge is 2.31. The zero-order chi connectivity index (χ0) is 14.5. The van der Waals surface area contributed by atoms with Gasteiger partial charge in [-0.1, -0.05) is 23.7 Å². The van der Waals surface area contributed by atoms with Crippen LogP contribution in [0.25, 0.3) is 0 Å². The van der Waals surface area contributed by atoms with Crippen molar-refractivity contribution in [2.45, 2.75) is 38.9 Å². The Bertz CT molecular complexity index is 475. The number of nitrogens with zero attached hydrogens (tertiary/aromatic N) is 1. The Morgan fingerprint density at radius 3 is 2.80 bits per heavy atom. The molecular formula is C15H21ClN2O2. The molecule has 2 rings (SSSR count). The first-order valence-corrected chi connectivity index (χ1v) is 7.39. The van der Waals surface area contributed by atoms with Crippen LogP contribution >= 0.6 is 11.6 Å². The summed E-state index contributed by atoms with van der Waals surface area (Å²) in [6.07, 6.45) is 2.27. The fraction of sp³-hybridized carbons (Fsp3) is 0.533. The number of carbonyl (C=O) groups excluding carboxylic acids is 1. The minimum absolute atomic E-state index is 0.172. The highest BCUT2D eigenvalue weighted by molar-refractivity contribution is 6.31. The normalized spacial score (nSPS) is 14.6. The van der Waals surface area contributed by atoms with Crippen LogP contribution < -0.4 is 5.73 Å². The number of benzene rings is 1. The largest absolute Gasteiger partial charge is 0.465 e. The fourth-order valence-corrected chi connectivity index (χ4v) is 2.45. The third-order valence-corrected chi connectivity index (χ3v) is 3.78. The summed E-state index contributed by atoms with van der Waals surface area (Å²) in [5.74, 6) is -0.172. The molecule has 1 aliphatic rings. The van der Waals surface area contributed by atoms with Gasteiger partial charge in [0.25, 0.3) is 0 Å². The zero-order valence-corrected chi connectivity index (χ0v) is 12.5. The lowest BCUT2D eigenvalue weighted by molar-refractivity contribution is -0.144. The monoisotopic (exact) mass is 296 g/mol. The summed E-state index contributed by atoms with van der Waals surface area (Å²) in [6, 6.07) is 6.35. The van der Waals surface area contributed by atoms with Crippen LogP contribution in [0.4, 0.5) is 0 Å². The van der Waals surface area contributed by atoms with Gasteiger partial charge in [-0.3, -0.25) is 9.69 Å². The molecular weight excluding hydrogens is 276 g/mol. The van der Waals surface area contributed by atoms with Crippen molar-refractivity contribution in [2.75, 3.05) is 13.2 Å². The molecule has 110 valence electrons. The minimum Gasteiger partial charge on any atom is -0.465 e. The summed E-state index contributed by atoms with van der Waals surface area (Å²) in [5.41, 5.74) is 7.64. The first kappa shape index (κ1) is 15.3. The van der Waals surface area contributed by atoms with Crippen LogP contribution in [0.15, 0.2) is 18.2 Å². The highest BCUT2D eigenvalue weighted by atomic mass is 35.5. The van der Waals surface area contributed by atoms with E-state index in [4.69, 9.17) is 22.1 Å². The van der Waals surface area contributed by atoms with Crippen LogP contribution in [0.3, 0.4) is 0 Å². The van der Waals surface area contributed by atoms with Crippen LogP contribution in [0, 0.1) is 0 Å². The molecule has 20 heavy (non-hydrogen) atoms. The van der Waals surface area contributed by atoms with Gasteiger partial charge in [0.1, 0.15) is 0 Å². The standard InChI is InChI=1S/C15H21ClN2O2/c1-2-20-15(19)10-18(13-5-6-13)9-12-4-3-11(8-17)7-14(12)16/h3-4,7,13H,2,5-6,8-10,17H2,1H3.